The number of hydrogen-bond donors (Lipinski definition) is 4. The first-order valence-electron chi connectivity index (χ1n) is 9.03. The van der Waals surface area contributed by atoms with Crippen molar-refractivity contribution in [1.29, 1.82) is 5.41 Å². The summed E-state index contributed by atoms with van der Waals surface area (Å²) in [7, 11) is 0. The Labute approximate surface area is 183 Å². The summed E-state index contributed by atoms with van der Waals surface area (Å²) in [5.41, 5.74) is 0. The topological polar surface area (TPSA) is 142 Å². The first-order valence-corrected chi connectivity index (χ1v) is 9.03. The van der Waals surface area contributed by atoms with E-state index in [-0.39, 0.29) is 41.9 Å². The Morgan fingerprint density at radius 2 is 1.56 bits per heavy atom. The molecule has 0 saturated carbocycles. The number of rotatable bonds is 16. The maximum atomic E-state index is 11.7. The third-order valence-corrected chi connectivity index (χ3v) is 3.84. The molecule has 0 aromatic heterocycles. The summed E-state index contributed by atoms with van der Waals surface area (Å²) in [5.74, 6) is -2.86. The number of carboxylic acid groups (broad SMARTS) is 1. The average molecular weight is 391 g/mol. The second kappa shape index (κ2) is 18.0. The number of carbonyl (C=O) groups is 3. The molecule has 2 amide bonds. The van der Waals surface area contributed by atoms with Crippen LogP contribution in [-0.4, -0.2) is 41.4 Å². The van der Waals surface area contributed by atoms with E-state index in [2.05, 4.69) is 17.2 Å². The molecule has 148 valence electrons. The standard InChI is InChI=1S/C18H31N3O5.Na/c1-2-16(23)20-12-10-8-6-4-3-5-7-9-11-17(24)21-14(18(25)26)13-15(19)22;/h2,14H,1,3-13H2,(H2,19,22)(H,20,23)(H,21,24)(H,25,26);/q;+1/p-1/t14-;/m0./s1. The summed E-state index contributed by atoms with van der Waals surface area (Å²) in [5, 5.41) is 31.3. The minimum Gasteiger partial charge on any atom is -0.862 e. The van der Waals surface area contributed by atoms with Crippen molar-refractivity contribution in [3.8, 4) is 0 Å². The van der Waals surface area contributed by atoms with E-state index in [1.807, 2.05) is 0 Å². The van der Waals surface area contributed by atoms with E-state index >= 15 is 0 Å². The summed E-state index contributed by atoms with van der Waals surface area (Å²) in [6, 6.07) is -1.32. The maximum Gasteiger partial charge on any atom is 1.00 e. The fourth-order valence-corrected chi connectivity index (χ4v) is 2.41. The van der Waals surface area contributed by atoms with Gasteiger partial charge in [0, 0.05) is 19.4 Å². The molecule has 0 saturated heterocycles. The van der Waals surface area contributed by atoms with Gasteiger partial charge in [-0.2, -0.15) is 0 Å². The van der Waals surface area contributed by atoms with Gasteiger partial charge in [-0.15, -0.1) is 0 Å². The molecule has 9 heteroatoms. The maximum absolute atomic E-state index is 11.7. The number of carboxylic acids is 1. The zero-order chi connectivity index (χ0) is 19.8. The van der Waals surface area contributed by atoms with Gasteiger partial charge in [-0.05, 0) is 24.8 Å². The molecule has 4 N–H and O–H groups in total. The zero-order valence-electron chi connectivity index (χ0n) is 16.2. The van der Waals surface area contributed by atoms with Crippen LogP contribution < -0.4 is 45.3 Å². The normalized spacial score (nSPS) is 11.0. The molecule has 0 fully saturated rings. The number of hydrogen-bond acceptors (Lipinski definition) is 5. The molecule has 0 heterocycles. The van der Waals surface area contributed by atoms with E-state index in [4.69, 9.17) is 10.5 Å². The third-order valence-electron chi connectivity index (χ3n) is 3.84. The summed E-state index contributed by atoms with van der Waals surface area (Å²) in [6.07, 6.45) is 8.82. The SMILES string of the molecule is C=CC(=O)NCCCCCCCCCCC(=O)N[C@@H](CC(=N)[O-])C(=O)O.[Na+]. The second-order valence-electron chi connectivity index (χ2n) is 6.16. The molecule has 0 aliphatic heterocycles. The molecule has 0 aliphatic carbocycles. The summed E-state index contributed by atoms with van der Waals surface area (Å²) >= 11 is 0. The Hall–Kier alpha value is -1.38. The second-order valence-corrected chi connectivity index (χ2v) is 6.16. The summed E-state index contributed by atoms with van der Waals surface area (Å²) in [6.45, 7) is 4.05. The van der Waals surface area contributed by atoms with E-state index in [0.29, 0.717) is 13.0 Å². The molecule has 27 heavy (non-hydrogen) atoms. The number of nitrogens with one attached hydrogen (secondary N) is 3. The monoisotopic (exact) mass is 391 g/mol. The summed E-state index contributed by atoms with van der Waals surface area (Å²) in [4.78, 5) is 33.5. The largest absolute Gasteiger partial charge is 1.00 e. The van der Waals surface area contributed by atoms with Crippen LogP contribution >= 0.6 is 0 Å². The van der Waals surface area contributed by atoms with Gasteiger partial charge in [0.2, 0.25) is 11.8 Å². The van der Waals surface area contributed by atoms with E-state index in [1.165, 1.54) is 6.08 Å². The number of carbonyl (C=O) groups excluding carboxylic acids is 2. The van der Waals surface area contributed by atoms with Gasteiger partial charge in [0.15, 0.2) is 0 Å². The van der Waals surface area contributed by atoms with Crippen molar-refractivity contribution in [2.24, 2.45) is 0 Å². The quantitative estimate of drug-likeness (QED) is 0.0799. The Bertz CT molecular complexity index is 486. The van der Waals surface area contributed by atoms with E-state index in [1.54, 1.807) is 0 Å². The molecular formula is C18H30N3NaO5. The smallest absolute Gasteiger partial charge is 0.862 e. The first kappa shape index (κ1) is 27.8. The molecule has 0 aliphatic rings. The first-order chi connectivity index (χ1) is 12.4. The van der Waals surface area contributed by atoms with E-state index < -0.39 is 30.2 Å². The summed E-state index contributed by atoms with van der Waals surface area (Å²) < 4.78 is 0. The van der Waals surface area contributed by atoms with Crippen LogP contribution in [0.15, 0.2) is 12.7 Å². The van der Waals surface area contributed by atoms with Crippen molar-refractivity contribution in [3.05, 3.63) is 12.7 Å². The Morgan fingerprint density at radius 1 is 1.04 bits per heavy atom. The number of aliphatic carboxylic acids is 1. The Balaban J connectivity index is 0. The molecular weight excluding hydrogens is 361 g/mol. The van der Waals surface area contributed by atoms with Crippen molar-refractivity contribution in [2.75, 3.05) is 6.54 Å². The van der Waals surface area contributed by atoms with Gasteiger partial charge in [-0.3, -0.25) is 9.59 Å². The molecule has 0 spiro atoms. The number of unbranched alkanes of at least 4 members (excludes halogenated alkanes) is 7. The molecule has 0 aromatic carbocycles. The molecule has 8 nitrogen and oxygen atoms in total. The van der Waals surface area contributed by atoms with Crippen molar-refractivity contribution in [3.63, 3.8) is 0 Å². The fraction of sp³-hybridized carbons (Fsp3) is 0.667. The van der Waals surface area contributed by atoms with Crippen LogP contribution in [0.5, 0.6) is 0 Å². The van der Waals surface area contributed by atoms with Crippen LogP contribution in [-0.2, 0) is 14.4 Å². The van der Waals surface area contributed by atoms with Crippen LogP contribution in [0.1, 0.15) is 64.2 Å². The minimum atomic E-state index is -1.32. The molecule has 1 atom stereocenters. The predicted octanol–water partition coefficient (Wildman–Crippen LogP) is -1.90. The zero-order valence-corrected chi connectivity index (χ0v) is 18.2. The molecule has 0 aromatic rings. The van der Waals surface area contributed by atoms with Crippen LogP contribution in [0.3, 0.4) is 0 Å². The predicted molar refractivity (Wildman–Crippen MR) is 96.7 cm³/mol. The molecule has 0 unspecified atom stereocenters. The average Bonchev–Trinajstić information content (AvgIpc) is 2.58. The molecule has 0 rings (SSSR count). The van der Waals surface area contributed by atoms with E-state index in [9.17, 15) is 19.5 Å². The van der Waals surface area contributed by atoms with Crippen molar-refractivity contribution < 1.29 is 54.2 Å². The Morgan fingerprint density at radius 3 is 2.04 bits per heavy atom. The Kier molecular flexibility index (Phi) is 18.6. The third kappa shape index (κ3) is 17.8. The van der Waals surface area contributed by atoms with Gasteiger partial charge < -0.3 is 26.3 Å². The number of amides is 2. The minimum absolute atomic E-state index is 0. The van der Waals surface area contributed by atoms with Crippen molar-refractivity contribution in [1.82, 2.24) is 10.6 Å². The molecule has 0 bridgehead atoms. The van der Waals surface area contributed by atoms with Gasteiger partial charge in [0.25, 0.3) is 0 Å². The van der Waals surface area contributed by atoms with Gasteiger partial charge in [-0.25, -0.2) is 4.79 Å². The van der Waals surface area contributed by atoms with Gasteiger partial charge >= 0.3 is 35.5 Å². The van der Waals surface area contributed by atoms with Gasteiger partial charge in [0.1, 0.15) is 6.04 Å². The van der Waals surface area contributed by atoms with E-state index in [0.717, 1.165) is 44.9 Å². The molecule has 0 radical (unpaired) electrons. The fourth-order valence-electron chi connectivity index (χ4n) is 2.41. The van der Waals surface area contributed by atoms with Crippen molar-refractivity contribution in [2.45, 2.75) is 70.3 Å². The van der Waals surface area contributed by atoms with Gasteiger partial charge in [-0.1, -0.05) is 45.1 Å². The van der Waals surface area contributed by atoms with Crippen LogP contribution in [0.25, 0.3) is 0 Å². The van der Waals surface area contributed by atoms with Gasteiger partial charge in [0.05, 0.1) is 0 Å². The van der Waals surface area contributed by atoms with Crippen LogP contribution in [0, 0.1) is 5.41 Å². The van der Waals surface area contributed by atoms with Crippen LogP contribution in [0.2, 0.25) is 0 Å². The van der Waals surface area contributed by atoms with Crippen molar-refractivity contribution >= 4 is 23.7 Å². The van der Waals surface area contributed by atoms with Crippen LogP contribution in [0.4, 0.5) is 0 Å².